The number of amides is 1. The SMILES string of the molecule is Cc1nc(=O)[nH]c(C)c1CCC(=O)N1CCCC1c1ccccn1. The van der Waals surface area contributed by atoms with Crippen molar-refractivity contribution in [1.29, 1.82) is 0 Å². The molecule has 2 aromatic rings. The molecule has 0 spiro atoms. The van der Waals surface area contributed by atoms with Crippen LogP contribution in [0.5, 0.6) is 0 Å². The number of aromatic nitrogens is 3. The van der Waals surface area contributed by atoms with Gasteiger partial charge in [0.25, 0.3) is 0 Å². The minimum Gasteiger partial charge on any atom is -0.334 e. The van der Waals surface area contributed by atoms with Gasteiger partial charge in [0.15, 0.2) is 0 Å². The van der Waals surface area contributed by atoms with Crippen LogP contribution in [0.3, 0.4) is 0 Å². The second kappa shape index (κ2) is 6.95. The summed E-state index contributed by atoms with van der Waals surface area (Å²) in [4.78, 5) is 37.0. The second-order valence-electron chi connectivity index (χ2n) is 6.23. The van der Waals surface area contributed by atoms with E-state index in [1.807, 2.05) is 36.9 Å². The van der Waals surface area contributed by atoms with Crippen molar-refractivity contribution < 1.29 is 4.79 Å². The number of carbonyl (C=O) groups is 1. The molecule has 1 aliphatic rings. The number of H-pyrrole nitrogens is 1. The molecule has 0 aliphatic carbocycles. The number of carbonyl (C=O) groups excluding carboxylic acids is 1. The largest absolute Gasteiger partial charge is 0.345 e. The van der Waals surface area contributed by atoms with Gasteiger partial charge in [-0.3, -0.25) is 9.78 Å². The fourth-order valence-electron chi connectivity index (χ4n) is 3.44. The van der Waals surface area contributed by atoms with Gasteiger partial charge in [-0.1, -0.05) is 6.07 Å². The Balaban J connectivity index is 1.70. The van der Waals surface area contributed by atoms with E-state index in [0.717, 1.165) is 36.3 Å². The lowest BCUT2D eigenvalue weighted by Gasteiger charge is -2.24. The zero-order valence-corrected chi connectivity index (χ0v) is 14.1. The number of nitrogens with zero attached hydrogens (tertiary/aromatic N) is 3. The van der Waals surface area contributed by atoms with Gasteiger partial charge in [-0.05, 0) is 50.8 Å². The van der Waals surface area contributed by atoms with Crippen LogP contribution < -0.4 is 5.69 Å². The van der Waals surface area contributed by atoms with E-state index >= 15 is 0 Å². The highest BCUT2D eigenvalue weighted by molar-refractivity contribution is 5.77. The molecule has 0 radical (unpaired) electrons. The zero-order valence-electron chi connectivity index (χ0n) is 14.1. The maximum absolute atomic E-state index is 12.7. The van der Waals surface area contributed by atoms with Crippen LogP contribution in [-0.2, 0) is 11.2 Å². The summed E-state index contributed by atoms with van der Waals surface area (Å²) in [5.74, 6) is 0.133. The molecule has 0 aromatic carbocycles. The molecule has 1 N–H and O–H groups in total. The average molecular weight is 326 g/mol. The van der Waals surface area contributed by atoms with E-state index in [2.05, 4.69) is 15.0 Å². The van der Waals surface area contributed by atoms with Gasteiger partial charge in [0.05, 0.1) is 11.7 Å². The molecule has 24 heavy (non-hydrogen) atoms. The van der Waals surface area contributed by atoms with Crippen LogP contribution >= 0.6 is 0 Å². The summed E-state index contributed by atoms with van der Waals surface area (Å²) in [6.07, 6.45) is 4.74. The van der Waals surface area contributed by atoms with Crippen LogP contribution in [0.1, 0.15) is 47.9 Å². The molecule has 1 fully saturated rings. The van der Waals surface area contributed by atoms with Crippen LogP contribution in [0.2, 0.25) is 0 Å². The van der Waals surface area contributed by atoms with Crippen molar-refractivity contribution in [3.8, 4) is 0 Å². The topological polar surface area (TPSA) is 79.0 Å². The Morgan fingerprint density at radius 1 is 1.38 bits per heavy atom. The van der Waals surface area contributed by atoms with Crippen molar-refractivity contribution in [3.63, 3.8) is 0 Å². The number of hydrogen-bond donors (Lipinski definition) is 1. The standard InChI is InChI=1S/C18H22N4O2/c1-12-14(13(2)21-18(24)20-12)8-9-17(23)22-11-5-7-16(22)15-6-3-4-10-19-15/h3-4,6,10,16H,5,7-9,11H2,1-2H3,(H,20,21,24). The highest BCUT2D eigenvalue weighted by Crippen LogP contribution is 2.31. The predicted octanol–water partition coefficient (Wildman–Crippen LogP) is 2.08. The van der Waals surface area contributed by atoms with E-state index in [-0.39, 0.29) is 17.6 Å². The summed E-state index contributed by atoms with van der Waals surface area (Å²) in [5.41, 5.74) is 3.07. The maximum atomic E-state index is 12.7. The molecule has 1 amide bonds. The lowest BCUT2D eigenvalue weighted by atomic mass is 10.1. The number of rotatable bonds is 4. The molecular formula is C18H22N4O2. The molecule has 6 heteroatoms. The van der Waals surface area contributed by atoms with Crippen molar-refractivity contribution in [2.75, 3.05) is 6.54 Å². The smallest absolute Gasteiger partial charge is 0.334 e. The van der Waals surface area contributed by atoms with Crippen molar-refractivity contribution >= 4 is 5.91 Å². The first-order chi connectivity index (χ1) is 11.6. The minimum absolute atomic E-state index is 0.0783. The van der Waals surface area contributed by atoms with Crippen LogP contribution in [0, 0.1) is 13.8 Å². The molecule has 3 heterocycles. The quantitative estimate of drug-likeness (QED) is 0.933. The van der Waals surface area contributed by atoms with Crippen LogP contribution in [-0.4, -0.2) is 32.3 Å². The summed E-state index contributed by atoms with van der Waals surface area (Å²) in [6, 6.07) is 5.91. The summed E-state index contributed by atoms with van der Waals surface area (Å²) in [5, 5.41) is 0. The van der Waals surface area contributed by atoms with Crippen molar-refractivity contribution in [3.05, 3.63) is 57.5 Å². The van der Waals surface area contributed by atoms with E-state index in [4.69, 9.17) is 0 Å². The van der Waals surface area contributed by atoms with Gasteiger partial charge in [-0.25, -0.2) is 4.79 Å². The molecular weight excluding hydrogens is 304 g/mol. The lowest BCUT2D eigenvalue weighted by Crippen LogP contribution is -2.31. The molecule has 126 valence electrons. The first kappa shape index (κ1) is 16.4. The second-order valence-corrected chi connectivity index (χ2v) is 6.23. The number of nitrogens with one attached hydrogen (secondary N) is 1. The van der Waals surface area contributed by atoms with Crippen LogP contribution in [0.15, 0.2) is 29.2 Å². The van der Waals surface area contributed by atoms with Gasteiger partial charge in [-0.15, -0.1) is 0 Å². The Labute approximate surface area is 141 Å². The molecule has 0 bridgehead atoms. The van der Waals surface area contributed by atoms with Gasteiger partial charge < -0.3 is 9.88 Å². The van der Waals surface area contributed by atoms with E-state index in [9.17, 15) is 9.59 Å². The Hall–Kier alpha value is -2.50. The zero-order chi connectivity index (χ0) is 17.1. The van der Waals surface area contributed by atoms with Crippen molar-refractivity contribution in [1.82, 2.24) is 19.9 Å². The summed E-state index contributed by atoms with van der Waals surface area (Å²) < 4.78 is 0. The first-order valence-electron chi connectivity index (χ1n) is 8.33. The molecule has 6 nitrogen and oxygen atoms in total. The Morgan fingerprint density at radius 2 is 2.21 bits per heavy atom. The van der Waals surface area contributed by atoms with Crippen molar-refractivity contribution in [2.24, 2.45) is 0 Å². The van der Waals surface area contributed by atoms with Gasteiger partial charge in [-0.2, -0.15) is 4.98 Å². The monoisotopic (exact) mass is 326 g/mol. The normalized spacial score (nSPS) is 17.2. The highest BCUT2D eigenvalue weighted by atomic mass is 16.2. The van der Waals surface area contributed by atoms with Crippen molar-refractivity contribution in [2.45, 2.75) is 45.6 Å². The first-order valence-corrected chi connectivity index (χ1v) is 8.33. The molecule has 1 atom stereocenters. The van der Waals surface area contributed by atoms with Gasteiger partial charge in [0, 0.05) is 30.6 Å². The number of hydrogen-bond acceptors (Lipinski definition) is 4. The third kappa shape index (κ3) is 3.37. The van der Waals surface area contributed by atoms with E-state index in [1.165, 1.54) is 0 Å². The third-order valence-corrected chi connectivity index (χ3v) is 4.64. The van der Waals surface area contributed by atoms with Crippen LogP contribution in [0.25, 0.3) is 0 Å². The van der Waals surface area contributed by atoms with Crippen LogP contribution in [0.4, 0.5) is 0 Å². The molecule has 2 aromatic heterocycles. The maximum Gasteiger partial charge on any atom is 0.345 e. The lowest BCUT2D eigenvalue weighted by molar-refractivity contribution is -0.132. The minimum atomic E-state index is -0.338. The summed E-state index contributed by atoms with van der Waals surface area (Å²) in [7, 11) is 0. The van der Waals surface area contributed by atoms with Gasteiger partial charge in [0.1, 0.15) is 0 Å². The summed E-state index contributed by atoms with van der Waals surface area (Å²) in [6.45, 7) is 4.44. The molecule has 1 saturated heterocycles. The Morgan fingerprint density at radius 3 is 2.92 bits per heavy atom. The third-order valence-electron chi connectivity index (χ3n) is 4.64. The van der Waals surface area contributed by atoms with E-state index in [1.54, 1.807) is 6.20 Å². The van der Waals surface area contributed by atoms with E-state index in [0.29, 0.717) is 18.5 Å². The number of likely N-dealkylation sites (tertiary alicyclic amines) is 1. The number of aryl methyl sites for hydroxylation is 2. The Kier molecular flexibility index (Phi) is 4.74. The molecule has 3 rings (SSSR count). The fraction of sp³-hybridized carbons (Fsp3) is 0.444. The Bertz CT molecular complexity index is 759. The fourth-order valence-corrected chi connectivity index (χ4v) is 3.44. The average Bonchev–Trinajstić information content (AvgIpc) is 3.04. The molecule has 1 unspecified atom stereocenters. The van der Waals surface area contributed by atoms with Gasteiger partial charge >= 0.3 is 5.69 Å². The predicted molar refractivity (Wildman–Crippen MR) is 90.6 cm³/mol. The highest BCUT2D eigenvalue weighted by Gasteiger charge is 2.30. The van der Waals surface area contributed by atoms with E-state index < -0.39 is 0 Å². The molecule has 0 saturated carbocycles. The van der Waals surface area contributed by atoms with Gasteiger partial charge in [0.2, 0.25) is 5.91 Å². The number of aromatic amines is 1. The molecule has 1 aliphatic heterocycles. The summed E-state index contributed by atoms with van der Waals surface area (Å²) >= 11 is 0. The number of pyridine rings is 1.